The van der Waals surface area contributed by atoms with Gasteiger partial charge in [0.15, 0.2) is 0 Å². The van der Waals surface area contributed by atoms with Crippen LogP contribution >= 0.6 is 0 Å². The van der Waals surface area contributed by atoms with Crippen LogP contribution < -0.4 is 5.73 Å². The van der Waals surface area contributed by atoms with Gasteiger partial charge in [-0.1, -0.05) is 13.0 Å². The first-order valence-electron chi connectivity index (χ1n) is 5.48. The fourth-order valence-corrected chi connectivity index (χ4v) is 1.75. The monoisotopic (exact) mass is 223 g/mol. The SMILES string of the molecule is CCc1cc(-c2cncc(C#N)c2)ccc1N. The summed E-state index contributed by atoms with van der Waals surface area (Å²) in [7, 11) is 0. The lowest BCUT2D eigenvalue weighted by molar-refractivity contribution is 1.14. The smallest absolute Gasteiger partial charge is 0.101 e. The Kier molecular flexibility index (Phi) is 3.06. The van der Waals surface area contributed by atoms with E-state index in [-0.39, 0.29) is 0 Å². The molecule has 2 aromatic rings. The number of nitrogens with zero attached hydrogens (tertiary/aromatic N) is 2. The Morgan fingerprint density at radius 3 is 2.76 bits per heavy atom. The van der Waals surface area contributed by atoms with E-state index in [9.17, 15) is 0 Å². The molecule has 0 saturated carbocycles. The third-order valence-corrected chi connectivity index (χ3v) is 2.72. The molecule has 0 bridgehead atoms. The molecule has 1 aromatic heterocycles. The lowest BCUT2D eigenvalue weighted by Gasteiger charge is -2.07. The van der Waals surface area contributed by atoms with E-state index in [1.807, 2.05) is 24.3 Å². The van der Waals surface area contributed by atoms with Crippen molar-refractivity contribution in [2.45, 2.75) is 13.3 Å². The van der Waals surface area contributed by atoms with Crippen molar-refractivity contribution in [3.63, 3.8) is 0 Å². The van der Waals surface area contributed by atoms with E-state index in [2.05, 4.69) is 18.0 Å². The van der Waals surface area contributed by atoms with Gasteiger partial charge in [-0.15, -0.1) is 0 Å². The second-order valence-corrected chi connectivity index (χ2v) is 3.84. The maximum atomic E-state index is 8.84. The van der Waals surface area contributed by atoms with Crippen molar-refractivity contribution in [2.75, 3.05) is 5.73 Å². The van der Waals surface area contributed by atoms with Crippen LogP contribution in [-0.2, 0) is 6.42 Å². The van der Waals surface area contributed by atoms with Crippen molar-refractivity contribution < 1.29 is 0 Å². The Labute approximate surface area is 101 Å². The lowest BCUT2D eigenvalue weighted by Crippen LogP contribution is -1.93. The molecule has 0 radical (unpaired) electrons. The van der Waals surface area contributed by atoms with Gasteiger partial charge < -0.3 is 5.73 Å². The van der Waals surface area contributed by atoms with Crippen LogP contribution in [0.1, 0.15) is 18.1 Å². The fraction of sp³-hybridized carbons (Fsp3) is 0.143. The molecule has 1 heterocycles. The van der Waals surface area contributed by atoms with Gasteiger partial charge in [0.25, 0.3) is 0 Å². The topological polar surface area (TPSA) is 62.7 Å². The molecule has 0 unspecified atom stereocenters. The molecule has 0 spiro atoms. The summed E-state index contributed by atoms with van der Waals surface area (Å²) in [6, 6.07) is 9.82. The van der Waals surface area contributed by atoms with Gasteiger partial charge in [0.05, 0.1) is 5.56 Å². The van der Waals surface area contributed by atoms with Crippen molar-refractivity contribution >= 4 is 5.69 Å². The number of anilines is 1. The summed E-state index contributed by atoms with van der Waals surface area (Å²) in [5, 5.41) is 8.84. The van der Waals surface area contributed by atoms with Crippen LogP contribution in [0.2, 0.25) is 0 Å². The summed E-state index contributed by atoms with van der Waals surface area (Å²) in [6.45, 7) is 2.07. The fourth-order valence-electron chi connectivity index (χ4n) is 1.75. The molecular weight excluding hydrogens is 210 g/mol. The zero-order valence-electron chi connectivity index (χ0n) is 9.64. The van der Waals surface area contributed by atoms with Gasteiger partial charge in [-0.05, 0) is 35.7 Å². The normalized spacial score (nSPS) is 9.88. The first-order chi connectivity index (χ1) is 8.24. The van der Waals surface area contributed by atoms with Crippen molar-refractivity contribution in [3.8, 4) is 17.2 Å². The highest BCUT2D eigenvalue weighted by Crippen LogP contribution is 2.24. The second kappa shape index (κ2) is 4.67. The van der Waals surface area contributed by atoms with E-state index in [4.69, 9.17) is 11.0 Å². The van der Waals surface area contributed by atoms with E-state index >= 15 is 0 Å². The Morgan fingerprint density at radius 1 is 1.24 bits per heavy atom. The number of nitrogen functional groups attached to an aromatic ring is 1. The summed E-state index contributed by atoms with van der Waals surface area (Å²) in [5.74, 6) is 0. The van der Waals surface area contributed by atoms with Crippen molar-refractivity contribution in [1.29, 1.82) is 5.26 Å². The van der Waals surface area contributed by atoms with Crippen LogP contribution in [-0.4, -0.2) is 4.98 Å². The number of benzene rings is 1. The zero-order chi connectivity index (χ0) is 12.3. The maximum absolute atomic E-state index is 8.84. The minimum absolute atomic E-state index is 0.567. The molecular formula is C14H13N3. The molecule has 1 aromatic carbocycles. The highest BCUT2D eigenvalue weighted by atomic mass is 14.6. The average molecular weight is 223 g/mol. The third kappa shape index (κ3) is 2.26. The molecule has 0 aliphatic rings. The van der Waals surface area contributed by atoms with Gasteiger partial charge in [0.2, 0.25) is 0 Å². The molecule has 2 N–H and O–H groups in total. The predicted octanol–water partition coefficient (Wildman–Crippen LogP) is 2.76. The van der Waals surface area contributed by atoms with E-state index in [0.717, 1.165) is 28.8 Å². The van der Waals surface area contributed by atoms with Crippen LogP contribution in [0.5, 0.6) is 0 Å². The van der Waals surface area contributed by atoms with Crippen LogP contribution in [0.15, 0.2) is 36.7 Å². The highest BCUT2D eigenvalue weighted by Gasteiger charge is 2.03. The van der Waals surface area contributed by atoms with Gasteiger partial charge in [-0.3, -0.25) is 4.98 Å². The molecule has 2 rings (SSSR count). The number of hydrogen-bond acceptors (Lipinski definition) is 3. The molecule has 0 atom stereocenters. The molecule has 0 aliphatic heterocycles. The number of aryl methyl sites for hydroxylation is 1. The Morgan fingerprint density at radius 2 is 2.06 bits per heavy atom. The average Bonchev–Trinajstić information content (AvgIpc) is 2.39. The first-order valence-corrected chi connectivity index (χ1v) is 5.48. The minimum atomic E-state index is 0.567. The Hall–Kier alpha value is -2.34. The summed E-state index contributed by atoms with van der Waals surface area (Å²) in [6.07, 6.45) is 4.21. The summed E-state index contributed by atoms with van der Waals surface area (Å²) < 4.78 is 0. The standard InChI is InChI=1S/C14H13N3/c1-2-11-6-12(3-4-14(11)16)13-5-10(7-15)8-17-9-13/h3-6,8-9H,2,16H2,1H3. The van der Waals surface area contributed by atoms with Gasteiger partial charge in [-0.25, -0.2) is 0 Å². The van der Waals surface area contributed by atoms with Crippen molar-refractivity contribution in [2.24, 2.45) is 0 Å². The first kappa shape index (κ1) is 11.2. The quantitative estimate of drug-likeness (QED) is 0.796. The molecule has 0 fully saturated rings. The molecule has 3 nitrogen and oxygen atoms in total. The van der Waals surface area contributed by atoms with Crippen molar-refractivity contribution in [1.82, 2.24) is 4.98 Å². The number of aromatic nitrogens is 1. The molecule has 0 amide bonds. The summed E-state index contributed by atoms with van der Waals surface area (Å²) in [5.41, 5.74) is 10.3. The lowest BCUT2D eigenvalue weighted by atomic mass is 10.0. The number of hydrogen-bond donors (Lipinski definition) is 1. The van der Waals surface area contributed by atoms with Gasteiger partial charge in [0, 0.05) is 23.6 Å². The summed E-state index contributed by atoms with van der Waals surface area (Å²) >= 11 is 0. The molecule has 0 aliphatic carbocycles. The van der Waals surface area contributed by atoms with E-state index in [1.54, 1.807) is 12.4 Å². The van der Waals surface area contributed by atoms with Crippen LogP contribution in [0.4, 0.5) is 5.69 Å². The maximum Gasteiger partial charge on any atom is 0.101 e. The second-order valence-electron chi connectivity index (χ2n) is 3.84. The predicted molar refractivity (Wildman–Crippen MR) is 68.2 cm³/mol. The zero-order valence-corrected chi connectivity index (χ0v) is 9.64. The Bertz CT molecular complexity index is 582. The van der Waals surface area contributed by atoms with E-state index < -0.39 is 0 Å². The van der Waals surface area contributed by atoms with E-state index in [0.29, 0.717) is 5.56 Å². The number of nitrogens with two attached hydrogens (primary N) is 1. The number of rotatable bonds is 2. The minimum Gasteiger partial charge on any atom is -0.399 e. The molecule has 3 heteroatoms. The molecule has 0 saturated heterocycles. The number of pyridine rings is 1. The van der Waals surface area contributed by atoms with Gasteiger partial charge >= 0.3 is 0 Å². The third-order valence-electron chi connectivity index (χ3n) is 2.72. The van der Waals surface area contributed by atoms with Crippen molar-refractivity contribution in [3.05, 3.63) is 47.8 Å². The van der Waals surface area contributed by atoms with Crippen LogP contribution in [0.3, 0.4) is 0 Å². The largest absolute Gasteiger partial charge is 0.399 e. The molecule has 84 valence electrons. The highest BCUT2D eigenvalue weighted by molar-refractivity contribution is 5.68. The van der Waals surface area contributed by atoms with Gasteiger partial charge in [-0.2, -0.15) is 5.26 Å². The number of nitriles is 1. The van der Waals surface area contributed by atoms with Gasteiger partial charge in [0.1, 0.15) is 6.07 Å². The Balaban J connectivity index is 2.49. The van der Waals surface area contributed by atoms with E-state index in [1.165, 1.54) is 0 Å². The summed E-state index contributed by atoms with van der Waals surface area (Å²) in [4.78, 5) is 4.06. The van der Waals surface area contributed by atoms with Crippen LogP contribution in [0, 0.1) is 11.3 Å². The van der Waals surface area contributed by atoms with Crippen LogP contribution in [0.25, 0.3) is 11.1 Å². The molecule has 17 heavy (non-hydrogen) atoms.